The zero-order valence-electron chi connectivity index (χ0n) is 11.7. The van der Waals surface area contributed by atoms with E-state index in [0.717, 1.165) is 18.2 Å². The maximum atomic E-state index is 13.7. The maximum absolute atomic E-state index is 13.7. The Balaban J connectivity index is 2.46. The highest BCUT2D eigenvalue weighted by molar-refractivity contribution is 6.31. The van der Waals surface area contributed by atoms with Crippen molar-refractivity contribution >= 4 is 34.6 Å². The Hall–Kier alpha value is -2.74. The molecule has 0 aliphatic heterocycles. The molecular formula is C14H10ClF2N3O3. The number of carbonyl (C=O) groups is 1. The summed E-state index contributed by atoms with van der Waals surface area (Å²) in [4.78, 5) is 22.4. The van der Waals surface area contributed by atoms with Crippen molar-refractivity contribution in [3.63, 3.8) is 0 Å². The second kappa shape index (κ2) is 6.17. The van der Waals surface area contributed by atoms with Crippen LogP contribution < -0.4 is 11.1 Å². The third-order valence-electron chi connectivity index (χ3n) is 3.15. The molecule has 3 N–H and O–H groups in total. The van der Waals surface area contributed by atoms with E-state index in [1.165, 1.54) is 13.0 Å². The van der Waals surface area contributed by atoms with Crippen LogP contribution in [0.4, 0.5) is 25.8 Å². The number of nitro benzene ring substituents is 1. The molecule has 0 heterocycles. The first kappa shape index (κ1) is 16.6. The molecule has 0 saturated carbocycles. The van der Waals surface area contributed by atoms with Crippen LogP contribution in [0.3, 0.4) is 0 Å². The largest absolute Gasteiger partial charge is 0.393 e. The number of rotatable bonds is 3. The summed E-state index contributed by atoms with van der Waals surface area (Å²) in [5.74, 6) is -2.51. The first-order chi connectivity index (χ1) is 10.7. The Morgan fingerprint density at radius 2 is 1.96 bits per heavy atom. The van der Waals surface area contributed by atoms with Gasteiger partial charge in [0.05, 0.1) is 9.95 Å². The van der Waals surface area contributed by atoms with Crippen molar-refractivity contribution in [1.29, 1.82) is 0 Å². The molecule has 1 amide bonds. The van der Waals surface area contributed by atoms with E-state index in [9.17, 15) is 23.7 Å². The third-order valence-corrected chi connectivity index (χ3v) is 3.44. The van der Waals surface area contributed by atoms with Gasteiger partial charge in [0.25, 0.3) is 5.91 Å². The van der Waals surface area contributed by atoms with Gasteiger partial charge in [-0.1, -0.05) is 11.6 Å². The van der Waals surface area contributed by atoms with Crippen molar-refractivity contribution in [1.82, 2.24) is 0 Å². The first-order valence-corrected chi connectivity index (χ1v) is 6.59. The highest BCUT2D eigenvalue weighted by Crippen LogP contribution is 2.32. The van der Waals surface area contributed by atoms with Crippen molar-refractivity contribution in [2.75, 3.05) is 11.1 Å². The van der Waals surface area contributed by atoms with Crippen LogP contribution >= 0.6 is 11.6 Å². The summed E-state index contributed by atoms with van der Waals surface area (Å²) in [6, 6.07) is 4.06. The van der Waals surface area contributed by atoms with Gasteiger partial charge in [-0.05, 0) is 31.2 Å². The monoisotopic (exact) mass is 341 g/mol. The number of halogens is 3. The fourth-order valence-electron chi connectivity index (χ4n) is 1.90. The topological polar surface area (TPSA) is 98.3 Å². The highest BCUT2D eigenvalue weighted by atomic mass is 35.5. The lowest BCUT2D eigenvalue weighted by atomic mass is 10.1. The molecule has 9 heteroatoms. The number of nitrogens with zero attached hydrogens (tertiary/aromatic N) is 1. The van der Waals surface area contributed by atoms with E-state index in [1.807, 2.05) is 0 Å². The van der Waals surface area contributed by atoms with Gasteiger partial charge in [-0.3, -0.25) is 14.9 Å². The Bertz CT molecular complexity index is 827. The number of nitrogens with two attached hydrogens (primary N) is 1. The van der Waals surface area contributed by atoms with Gasteiger partial charge < -0.3 is 11.1 Å². The van der Waals surface area contributed by atoms with Gasteiger partial charge in [-0.15, -0.1) is 0 Å². The molecule has 2 rings (SSSR count). The summed E-state index contributed by atoms with van der Waals surface area (Å²) in [6.07, 6.45) is 0. The maximum Gasteiger partial charge on any atom is 0.305 e. The van der Waals surface area contributed by atoms with Crippen LogP contribution in [0.25, 0.3) is 0 Å². The molecule has 0 aliphatic rings. The molecule has 0 radical (unpaired) electrons. The predicted molar refractivity (Wildman–Crippen MR) is 81.6 cm³/mol. The predicted octanol–water partition coefficient (Wildman–Crippen LogP) is 3.67. The Morgan fingerprint density at radius 3 is 2.52 bits per heavy atom. The van der Waals surface area contributed by atoms with Gasteiger partial charge in [0.2, 0.25) is 0 Å². The van der Waals surface area contributed by atoms with E-state index in [0.29, 0.717) is 0 Å². The van der Waals surface area contributed by atoms with Crippen molar-refractivity contribution in [2.24, 2.45) is 0 Å². The van der Waals surface area contributed by atoms with Crippen molar-refractivity contribution in [3.05, 3.63) is 62.2 Å². The standard InChI is InChI=1S/C14H10ClF2N3O3/c1-6-11(17)5-8(13(12(6)18)20(22)23)14(21)19-7-2-3-10(16)9(15)4-7/h2-5H,18H2,1H3,(H,19,21). The van der Waals surface area contributed by atoms with Gasteiger partial charge >= 0.3 is 5.69 Å². The minimum Gasteiger partial charge on any atom is -0.393 e. The zero-order valence-corrected chi connectivity index (χ0v) is 12.4. The lowest BCUT2D eigenvalue weighted by molar-refractivity contribution is -0.384. The van der Waals surface area contributed by atoms with Gasteiger partial charge in [0.15, 0.2) is 0 Å². The molecule has 2 aromatic carbocycles. The van der Waals surface area contributed by atoms with Crippen LogP contribution in [0.1, 0.15) is 15.9 Å². The van der Waals surface area contributed by atoms with Crippen molar-refractivity contribution in [2.45, 2.75) is 6.92 Å². The lowest BCUT2D eigenvalue weighted by Crippen LogP contribution is -2.16. The molecule has 120 valence electrons. The minimum atomic E-state index is -0.968. The summed E-state index contributed by atoms with van der Waals surface area (Å²) < 4.78 is 26.8. The number of amides is 1. The van der Waals surface area contributed by atoms with Crippen LogP contribution in [0.15, 0.2) is 24.3 Å². The van der Waals surface area contributed by atoms with E-state index < -0.39 is 39.4 Å². The van der Waals surface area contributed by atoms with E-state index in [2.05, 4.69) is 5.32 Å². The van der Waals surface area contributed by atoms with E-state index in [4.69, 9.17) is 17.3 Å². The second-order valence-electron chi connectivity index (χ2n) is 4.63. The second-order valence-corrected chi connectivity index (χ2v) is 5.04. The smallest absolute Gasteiger partial charge is 0.305 e. The number of hydrogen-bond donors (Lipinski definition) is 2. The van der Waals surface area contributed by atoms with Crippen LogP contribution in [-0.4, -0.2) is 10.8 Å². The third kappa shape index (κ3) is 3.21. The van der Waals surface area contributed by atoms with Gasteiger partial charge in [0.1, 0.15) is 22.9 Å². The Kier molecular flexibility index (Phi) is 4.46. The van der Waals surface area contributed by atoms with Gasteiger partial charge in [-0.2, -0.15) is 0 Å². The summed E-state index contributed by atoms with van der Waals surface area (Å²) in [7, 11) is 0. The van der Waals surface area contributed by atoms with Crippen LogP contribution in [-0.2, 0) is 0 Å². The van der Waals surface area contributed by atoms with Gasteiger partial charge in [-0.25, -0.2) is 8.78 Å². The molecule has 6 nitrogen and oxygen atoms in total. The van der Waals surface area contributed by atoms with E-state index >= 15 is 0 Å². The molecular weight excluding hydrogens is 332 g/mol. The quantitative estimate of drug-likeness (QED) is 0.505. The summed E-state index contributed by atoms with van der Waals surface area (Å²) in [6.45, 7) is 1.26. The fraction of sp³-hybridized carbons (Fsp3) is 0.0714. The number of anilines is 2. The van der Waals surface area contributed by atoms with Crippen LogP contribution in [0, 0.1) is 28.7 Å². The molecule has 0 atom stereocenters. The molecule has 0 aliphatic carbocycles. The van der Waals surface area contributed by atoms with E-state index in [1.54, 1.807) is 0 Å². The van der Waals surface area contributed by atoms with E-state index in [-0.39, 0.29) is 16.3 Å². The molecule has 0 unspecified atom stereocenters. The zero-order chi connectivity index (χ0) is 17.3. The number of benzene rings is 2. The number of nitro groups is 1. The molecule has 0 spiro atoms. The van der Waals surface area contributed by atoms with Crippen LogP contribution in [0.5, 0.6) is 0 Å². The first-order valence-electron chi connectivity index (χ1n) is 6.21. The Morgan fingerprint density at radius 1 is 1.30 bits per heavy atom. The summed E-state index contributed by atoms with van der Waals surface area (Å²) in [5, 5.41) is 13.1. The summed E-state index contributed by atoms with van der Waals surface area (Å²) in [5.41, 5.74) is 3.82. The average molecular weight is 342 g/mol. The van der Waals surface area contributed by atoms with Crippen LogP contribution in [0.2, 0.25) is 5.02 Å². The minimum absolute atomic E-state index is 0.0928. The number of carbonyl (C=O) groups excluding carboxylic acids is 1. The highest BCUT2D eigenvalue weighted by Gasteiger charge is 2.27. The summed E-state index contributed by atoms with van der Waals surface area (Å²) >= 11 is 5.58. The van der Waals surface area contributed by atoms with Crippen molar-refractivity contribution in [3.8, 4) is 0 Å². The lowest BCUT2D eigenvalue weighted by Gasteiger charge is -2.10. The number of nitrogen functional groups attached to an aromatic ring is 1. The Labute approximate surface area is 134 Å². The fourth-order valence-corrected chi connectivity index (χ4v) is 2.08. The molecule has 0 aromatic heterocycles. The molecule has 2 aromatic rings. The average Bonchev–Trinajstić information content (AvgIpc) is 2.47. The normalized spacial score (nSPS) is 10.4. The number of nitrogens with one attached hydrogen (secondary N) is 1. The number of hydrogen-bond acceptors (Lipinski definition) is 4. The van der Waals surface area contributed by atoms with Crippen molar-refractivity contribution < 1.29 is 18.5 Å². The SMILES string of the molecule is Cc1c(F)cc(C(=O)Nc2ccc(F)c(Cl)c2)c([N+](=O)[O-])c1N. The molecule has 0 saturated heterocycles. The van der Waals surface area contributed by atoms with Gasteiger partial charge in [0, 0.05) is 11.3 Å². The molecule has 0 fully saturated rings. The molecule has 0 bridgehead atoms. The molecule has 23 heavy (non-hydrogen) atoms.